The lowest BCUT2D eigenvalue weighted by molar-refractivity contribution is -0.118. The minimum atomic E-state index is -0.307. The molecule has 0 atom stereocenters. The predicted octanol–water partition coefficient (Wildman–Crippen LogP) is 5.31. The number of benzene rings is 2. The summed E-state index contributed by atoms with van der Waals surface area (Å²) in [7, 11) is 0. The van der Waals surface area contributed by atoms with E-state index in [0.717, 1.165) is 17.5 Å². The Bertz CT molecular complexity index is 1300. The highest BCUT2D eigenvalue weighted by Gasteiger charge is 2.26. The highest BCUT2D eigenvalue weighted by atomic mass is 32.1. The van der Waals surface area contributed by atoms with Gasteiger partial charge in [-0.2, -0.15) is 0 Å². The number of rotatable bonds is 7. The van der Waals surface area contributed by atoms with Crippen molar-refractivity contribution in [3.05, 3.63) is 82.4 Å². The second-order valence-electron chi connectivity index (χ2n) is 7.93. The standard InChI is InChI=1S/C25H21FN4O2S2/c26-19-10-8-18(9-11-19)21-16-34-25(28-21)30(14-17-5-2-1-3-6-17)23(32)13-20-15-33-24(27-20)29-12-4-7-22(29)31/h1-3,5-6,8-11,15-16H,4,7,12-14H2. The zero-order valence-corrected chi connectivity index (χ0v) is 19.8. The molecule has 2 aromatic heterocycles. The molecule has 5 rings (SSSR count). The van der Waals surface area contributed by atoms with Gasteiger partial charge in [-0.3, -0.25) is 19.4 Å². The number of nitrogens with zero attached hydrogens (tertiary/aromatic N) is 4. The molecule has 9 heteroatoms. The van der Waals surface area contributed by atoms with Gasteiger partial charge in [0.2, 0.25) is 11.8 Å². The van der Waals surface area contributed by atoms with Gasteiger partial charge < -0.3 is 0 Å². The highest BCUT2D eigenvalue weighted by molar-refractivity contribution is 7.14. The molecule has 0 spiro atoms. The smallest absolute Gasteiger partial charge is 0.235 e. The summed E-state index contributed by atoms with van der Waals surface area (Å²) in [6, 6.07) is 15.9. The molecule has 34 heavy (non-hydrogen) atoms. The summed E-state index contributed by atoms with van der Waals surface area (Å²) >= 11 is 2.76. The van der Waals surface area contributed by atoms with Crippen molar-refractivity contribution in [2.45, 2.75) is 25.8 Å². The molecule has 2 amide bonds. The third kappa shape index (κ3) is 4.90. The molecule has 1 aliphatic rings. The minimum Gasteiger partial charge on any atom is -0.288 e. The Kier molecular flexibility index (Phi) is 6.46. The third-order valence-electron chi connectivity index (χ3n) is 5.52. The SMILES string of the molecule is O=C1CCCN1c1nc(CC(=O)N(Cc2ccccc2)c2nc(-c3ccc(F)cc3)cs2)cs1. The number of aromatic nitrogens is 2. The zero-order valence-electron chi connectivity index (χ0n) is 18.2. The van der Waals surface area contributed by atoms with Gasteiger partial charge in [-0.1, -0.05) is 30.3 Å². The van der Waals surface area contributed by atoms with Crippen LogP contribution in [0.1, 0.15) is 24.1 Å². The van der Waals surface area contributed by atoms with Gasteiger partial charge in [0.05, 0.1) is 24.4 Å². The van der Waals surface area contributed by atoms with Crippen molar-refractivity contribution in [2.75, 3.05) is 16.3 Å². The van der Waals surface area contributed by atoms with E-state index in [9.17, 15) is 14.0 Å². The van der Waals surface area contributed by atoms with Gasteiger partial charge in [0.15, 0.2) is 10.3 Å². The number of anilines is 2. The molecular formula is C25H21FN4O2S2. The van der Waals surface area contributed by atoms with Crippen LogP contribution < -0.4 is 9.80 Å². The van der Waals surface area contributed by atoms with Crippen LogP contribution in [0.4, 0.5) is 14.7 Å². The largest absolute Gasteiger partial charge is 0.288 e. The van der Waals surface area contributed by atoms with Crippen LogP contribution in [0.3, 0.4) is 0 Å². The van der Waals surface area contributed by atoms with Crippen LogP contribution in [0.15, 0.2) is 65.4 Å². The molecule has 1 fully saturated rings. The molecule has 1 aliphatic heterocycles. The van der Waals surface area contributed by atoms with E-state index in [1.54, 1.807) is 21.9 Å². The Balaban J connectivity index is 1.39. The van der Waals surface area contributed by atoms with Crippen molar-refractivity contribution < 1.29 is 14.0 Å². The van der Waals surface area contributed by atoms with Crippen LogP contribution >= 0.6 is 22.7 Å². The van der Waals surface area contributed by atoms with Gasteiger partial charge in [0.25, 0.3) is 0 Å². The molecule has 0 saturated carbocycles. The van der Waals surface area contributed by atoms with Gasteiger partial charge in [-0.05, 0) is 36.2 Å². The first-order valence-corrected chi connectivity index (χ1v) is 12.6. The monoisotopic (exact) mass is 492 g/mol. The van der Waals surface area contributed by atoms with Crippen LogP contribution in [-0.2, 0) is 22.6 Å². The van der Waals surface area contributed by atoms with Crippen molar-refractivity contribution in [1.82, 2.24) is 9.97 Å². The van der Waals surface area contributed by atoms with Crippen molar-refractivity contribution in [1.29, 1.82) is 0 Å². The molecule has 1 saturated heterocycles. The summed E-state index contributed by atoms with van der Waals surface area (Å²) in [6.07, 6.45) is 1.48. The molecule has 0 N–H and O–H groups in total. The van der Waals surface area contributed by atoms with E-state index in [4.69, 9.17) is 0 Å². The van der Waals surface area contributed by atoms with Crippen molar-refractivity contribution >= 4 is 44.8 Å². The maximum absolute atomic E-state index is 13.4. The van der Waals surface area contributed by atoms with E-state index in [1.165, 1.54) is 34.8 Å². The summed E-state index contributed by atoms with van der Waals surface area (Å²) in [6.45, 7) is 1.04. The number of amides is 2. The second kappa shape index (κ2) is 9.82. The van der Waals surface area contributed by atoms with E-state index in [2.05, 4.69) is 9.97 Å². The summed E-state index contributed by atoms with van der Waals surface area (Å²) in [4.78, 5) is 38.0. The Hall–Kier alpha value is -3.43. The fourth-order valence-electron chi connectivity index (χ4n) is 3.77. The lowest BCUT2D eigenvalue weighted by Crippen LogP contribution is -2.32. The lowest BCUT2D eigenvalue weighted by atomic mass is 10.2. The molecule has 0 unspecified atom stereocenters. The average Bonchev–Trinajstić information content (AvgIpc) is 3.60. The van der Waals surface area contributed by atoms with Gasteiger partial charge in [0.1, 0.15) is 5.82 Å². The minimum absolute atomic E-state index is 0.0778. The van der Waals surface area contributed by atoms with E-state index in [0.29, 0.717) is 41.2 Å². The van der Waals surface area contributed by atoms with Crippen LogP contribution in [0.25, 0.3) is 11.3 Å². The van der Waals surface area contributed by atoms with Crippen LogP contribution in [0, 0.1) is 5.82 Å². The van der Waals surface area contributed by atoms with Crippen molar-refractivity contribution in [2.24, 2.45) is 0 Å². The van der Waals surface area contributed by atoms with E-state index < -0.39 is 0 Å². The number of carbonyl (C=O) groups excluding carboxylic acids is 2. The number of halogens is 1. The van der Waals surface area contributed by atoms with Crippen LogP contribution in [0.5, 0.6) is 0 Å². The molecule has 172 valence electrons. The topological polar surface area (TPSA) is 66.4 Å². The fourth-order valence-corrected chi connectivity index (χ4v) is 5.49. The molecule has 4 aromatic rings. The third-order valence-corrected chi connectivity index (χ3v) is 7.30. The first-order chi connectivity index (χ1) is 16.6. The molecule has 0 radical (unpaired) electrons. The number of hydrogen-bond acceptors (Lipinski definition) is 6. The Morgan fingerprint density at radius 2 is 1.82 bits per heavy atom. The molecule has 0 bridgehead atoms. The Labute approximate surface area is 204 Å². The number of thiazole rings is 2. The van der Waals surface area contributed by atoms with E-state index >= 15 is 0 Å². The van der Waals surface area contributed by atoms with Gasteiger partial charge in [-0.25, -0.2) is 14.4 Å². The normalized spacial score (nSPS) is 13.4. The average molecular weight is 493 g/mol. The molecule has 2 aromatic carbocycles. The molecule has 3 heterocycles. The van der Waals surface area contributed by atoms with E-state index in [-0.39, 0.29) is 24.1 Å². The summed E-state index contributed by atoms with van der Waals surface area (Å²) in [5.74, 6) is -0.360. The maximum atomic E-state index is 13.4. The van der Waals surface area contributed by atoms with Crippen molar-refractivity contribution in [3.63, 3.8) is 0 Å². The first-order valence-electron chi connectivity index (χ1n) is 10.9. The van der Waals surface area contributed by atoms with Crippen LogP contribution in [-0.4, -0.2) is 28.3 Å². The van der Waals surface area contributed by atoms with Gasteiger partial charge in [0, 0.05) is 29.3 Å². The first kappa shape index (κ1) is 22.4. The van der Waals surface area contributed by atoms with Crippen LogP contribution in [0.2, 0.25) is 0 Å². The summed E-state index contributed by atoms with van der Waals surface area (Å²) in [5, 5.41) is 4.92. The van der Waals surface area contributed by atoms with Crippen molar-refractivity contribution in [3.8, 4) is 11.3 Å². The maximum Gasteiger partial charge on any atom is 0.235 e. The Morgan fingerprint density at radius 3 is 2.56 bits per heavy atom. The van der Waals surface area contributed by atoms with Gasteiger partial charge >= 0.3 is 0 Å². The fraction of sp³-hybridized carbons (Fsp3) is 0.200. The molecule has 6 nitrogen and oxygen atoms in total. The predicted molar refractivity (Wildman–Crippen MR) is 133 cm³/mol. The summed E-state index contributed by atoms with van der Waals surface area (Å²) < 4.78 is 13.3. The van der Waals surface area contributed by atoms with E-state index in [1.807, 2.05) is 41.1 Å². The Morgan fingerprint density at radius 1 is 1.03 bits per heavy atom. The second-order valence-corrected chi connectivity index (χ2v) is 9.61. The molecular weight excluding hydrogens is 471 g/mol. The quantitative estimate of drug-likeness (QED) is 0.351. The highest BCUT2D eigenvalue weighted by Crippen LogP contribution is 2.30. The number of carbonyl (C=O) groups is 2. The number of hydrogen-bond donors (Lipinski definition) is 0. The van der Waals surface area contributed by atoms with Gasteiger partial charge in [-0.15, -0.1) is 22.7 Å². The zero-order chi connectivity index (χ0) is 23.5. The summed E-state index contributed by atoms with van der Waals surface area (Å²) in [5.41, 5.74) is 3.10. The molecule has 0 aliphatic carbocycles. The lowest BCUT2D eigenvalue weighted by Gasteiger charge is -2.20.